The van der Waals surface area contributed by atoms with Crippen LogP contribution in [0.25, 0.3) is 0 Å². The van der Waals surface area contributed by atoms with Gasteiger partial charge < -0.3 is 4.74 Å². The number of ether oxygens (including phenoxy) is 1. The molecule has 0 N–H and O–H groups in total. The third-order valence-corrected chi connectivity index (χ3v) is 3.50. The molecule has 0 spiro atoms. The number of rotatable bonds is 4. The van der Waals surface area contributed by atoms with Crippen molar-refractivity contribution in [2.75, 3.05) is 6.61 Å². The van der Waals surface area contributed by atoms with Crippen molar-refractivity contribution in [1.29, 1.82) is 0 Å². The lowest BCUT2D eigenvalue weighted by molar-refractivity contribution is -0.139. The summed E-state index contributed by atoms with van der Waals surface area (Å²) in [6.07, 6.45) is 2.04. The maximum absolute atomic E-state index is 12.1. The molecule has 3 unspecified atom stereocenters. The van der Waals surface area contributed by atoms with Gasteiger partial charge in [-0.1, -0.05) is 20.8 Å². The van der Waals surface area contributed by atoms with Gasteiger partial charge in [0.05, 0.1) is 5.92 Å². The van der Waals surface area contributed by atoms with E-state index < -0.39 is 0 Å². The van der Waals surface area contributed by atoms with Gasteiger partial charge in [-0.15, -0.1) is 0 Å². The molecule has 1 fully saturated rings. The number of carbonyl (C=O) groups excluding carboxylic acids is 2. The summed E-state index contributed by atoms with van der Waals surface area (Å²) in [6.45, 7) is 6.91. The van der Waals surface area contributed by atoms with Crippen LogP contribution in [-0.2, 0) is 14.3 Å². The molecule has 0 heterocycles. The van der Waals surface area contributed by atoms with Crippen molar-refractivity contribution in [3.05, 3.63) is 0 Å². The van der Waals surface area contributed by atoms with Gasteiger partial charge in [-0.25, -0.2) is 0 Å². The molecule has 0 amide bonds. The van der Waals surface area contributed by atoms with Gasteiger partial charge in [-0.05, 0) is 24.7 Å². The molecule has 15 heavy (non-hydrogen) atoms. The number of ketones is 1. The van der Waals surface area contributed by atoms with Crippen LogP contribution in [0.3, 0.4) is 0 Å². The molecule has 0 radical (unpaired) electrons. The fraction of sp³-hybridized carbons (Fsp3) is 0.833. The van der Waals surface area contributed by atoms with Gasteiger partial charge >= 0.3 is 0 Å². The first kappa shape index (κ1) is 12.2. The second kappa shape index (κ2) is 5.29. The highest BCUT2D eigenvalue weighted by Gasteiger charge is 2.37. The quantitative estimate of drug-likeness (QED) is 0.670. The molecule has 0 aromatic rings. The molecule has 0 aromatic carbocycles. The average molecular weight is 212 g/mol. The van der Waals surface area contributed by atoms with Crippen molar-refractivity contribution in [3.8, 4) is 0 Å². The lowest BCUT2D eigenvalue weighted by Crippen LogP contribution is -2.38. The number of Topliss-reactive ketones (excluding diaryl/α,β-unsaturated/α-hetero) is 1. The summed E-state index contributed by atoms with van der Waals surface area (Å²) < 4.78 is 4.74. The Morgan fingerprint density at radius 3 is 2.67 bits per heavy atom. The minimum atomic E-state index is -0.0867. The van der Waals surface area contributed by atoms with Crippen LogP contribution in [0.1, 0.15) is 33.6 Å². The van der Waals surface area contributed by atoms with Crippen molar-refractivity contribution in [2.45, 2.75) is 33.6 Å². The zero-order chi connectivity index (χ0) is 11.4. The van der Waals surface area contributed by atoms with Crippen molar-refractivity contribution in [2.24, 2.45) is 23.7 Å². The van der Waals surface area contributed by atoms with Crippen molar-refractivity contribution in [1.82, 2.24) is 0 Å². The molecule has 0 bridgehead atoms. The number of hydrogen-bond acceptors (Lipinski definition) is 3. The summed E-state index contributed by atoms with van der Waals surface area (Å²) >= 11 is 0. The Bertz CT molecular complexity index is 235. The molecular weight excluding hydrogens is 192 g/mol. The minimum Gasteiger partial charge on any atom is -0.467 e. The minimum absolute atomic E-state index is 0.0867. The molecule has 3 heteroatoms. The third kappa shape index (κ3) is 2.80. The van der Waals surface area contributed by atoms with E-state index in [-0.39, 0.29) is 24.2 Å². The maximum atomic E-state index is 12.1. The summed E-state index contributed by atoms with van der Waals surface area (Å²) in [5.74, 6) is 1.08. The van der Waals surface area contributed by atoms with E-state index in [4.69, 9.17) is 4.74 Å². The average Bonchev–Trinajstić information content (AvgIpc) is 2.17. The van der Waals surface area contributed by atoms with Gasteiger partial charge in [-0.2, -0.15) is 0 Å². The van der Waals surface area contributed by atoms with Gasteiger partial charge in [0.15, 0.2) is 0 Å². The Labute approximate surface area is 91.2 Å². The van der Waals surface area contributed by atoms with Crippen LogP contribution in [0.15, 0.2) is 0 Å². The second-order valence-electron chi connectivity index (χ2n) is 4.84. The highest BCUT2D eigenvalue weighted by molar-refractivity contribution is 5.84. The molecule has 0 aromatic heterocycles. The second-order valence-corrected chi connectivity index (χ2v) is 4.84. The Morgan fingerprint density at radius 1 is 1.47 bits per heavy atom. The van der Waals surface area contributed by atoms with Crippen molar-refractivity contribution in [3.63, 3.8) is 0 Å². The molecule has 3 nitrogen and oxygen atoms in total. The smallest absolute Gasteiger partial charge is 0.293 e. The van der Waals surface area contributed by atoms with Gasteiger partial charge in [0.1, 0.15) is 12.4 Å². The summed E-state index contributed by atoms with van der Waals surface area (Å²) in [4.78, 5) is 22.2. The van der Waals surface area contributed by atoms with E-state index in [2.05, 4.69) is 20.8 Å². The molecule has 86 valence electrons. The Balaban J connectivity index is 2.65. The van der Waals surface area contributed by atoms with Crippen LogP contribution < -0.4 is 0 Å². The fourth-order valence-corrected chi connectivity index (χ4v) is 2.39. The van der Waals surface area contributed by atoms with Gasteiger partial charge in [0.2, 0.25) is 0 Å². The molecule has 1 rings (SSSR count). The number of hydrogen-bond donors (Lipinski definition) is 0. The normalized spacial score (nSPS) is 31.7. The van der Waals surface area contributed by atoms with E-state index in [0.717, 1.165) is 12.8 Å². The monoisotopic (exact) mass is 212 g/mol. The SMILES string of the molecule is CC(C)C1CCC(C)C(COC=O)C1=O. The molecule has 1 saturated carbocycles. The van der Waals surface area contributed by atoms with E-state index in [1.165, 1.54) is 0 Å². The third-order valence-electron chi connectivity index (χ3n) is 3.50. The molecule has 0 saturated heterocycles. The summed E-state index contributed by atoms with van der Waals surface area (Å²) in [5, 5.41) is 0. The predicted molar refractivity (Wildman–Crippen MR) is 57.2 cm³/mol. The van der Waals surface area contributed by atoms with Crippen LogP contribution in [0, 0.1) is 23.7 Å². The van der Waals surface area contributed by atoms with Crippen LogP contribution in [0.2, 0.25) is 0 Å². The lowest BCUT2D eigenvalue weighted by atomic mass is 9.70. The van der Waals surface area contributed by atoms with Crippen LogP contribution in [-0.4, -0.2) is 18.9 Å². The molecule has 1 aliphatic carbocycles. The van der Waals surface area contributed by atoms with Crippen molar-refractivity contribution < 1.29 is 14.3 Å². The molecular formula is C12H20O3. The zero-order valence-electron chi connectivity index (χ0n) is 9.73. The predicted octanol–water partition coefficient (Wildman–Crippen LogP) is 2.05. The summed E-state index contributed by atoms with van der Waals surface area (Å²) in [5.41, 5.74) is 0. The first-order valence-electron chi connectivity index (χ1n) is 5.67. The Kier molecular flexibility index (Phi) is 4.30. The molecule has 3 atom stereocenters. The first-order chi connectivity index (χ1) is 7.07. The highest BCUT2D eigenvalue weighted by atomic mass is 16.5. The number of carbonyl (C=O) groups is 2. The van der Waals surface area contributed by atoms with E-state index >= 15 is 0 Å². The Hall–Kier alpha value is -0.860. The molecule has 1 aliphatic rings. The first-order valence-corrected chi connectivity index (χ1v) is 5.67. The van der Waals surface area contributed by atoms with E-state index in [1.54, 1.807) is 0 Å². The van der Waals surface area contributed by atoms with Crippen LogP contribution >= 0.6 is 0 Å². The lowest BCUT2D eigenvalue weighted by Gasteiger charge is -2.34. The zero-order valence-corrected chi connectivity index (χ0v) is 9.73. The molecule has 0 aliphatic heterocycles. The maximum Gasteiger partial charge on any atom is 0.293 e. The van der Waals surface area contributed by atoms with E-state index in [0.29, 0.717) is 18.3 Å². The van der Waals surface area contributed by atoms with Crippen LogP contribution in [0.5, 0.6) is 0 Å². The van der Waals surface area contributed by atoms with Crippen LogP contribution in [0.4, 0.5) is 0 Å². The van der Waals surface area contributed by atoms with Gasteiger partial charge in [0, 0.05) is 5.92 Å². The summed E-state index contributed by atoms with van der Waals surface area (Å²) in [7, 11) is 0. The summed E-state index contributed by atoms with van der Waals surface area (Å²) in [6, 6.07) is 0. The van der Waals surface area contributed by atoms with Gasteiger partial charge in [-0.3, -0.25) is 9.59 Å². The fourth-order valence-electron chi connectivity index (χ4n) is 2.39. The van der Waals surface area contributed by atoms with Crippen molar-refractivity contribution >= 4 is 12.3 Å². The van der Waals surface area contributed by atoms with E-state index in [9.17, 15) is 9.59 Å². The largest absolute Gasteiger partial charge is 0.467 e. The standard InChI is InChI=1S/C12H20O3/c1-8(2)10-5-4-9(3)11(12(10)14)6-15-7-13/h7-11H,4-6H2,1-3H3. The van der Waals surface area contributed by atoms with Gasteiger partial charge in [0.25, 0.3) is 6.47 Å². The van der Waals surface area contributed by atoms with E-state index in [1.807, 2.05) is 0 Å². The Morgan fingerprint density at radius 2 is 2.13 bits per heavy atom. The highest BCUT2D eigenvalue weighted by Crippen LogP contribution is 2.34. The topological polar surface area (TPSA) is 43.4 Å².